The number of azo groups is 1. The minimum atomic E-state index is 0.691. The molecule has 0 bridgehead atoms. The molecule has 0 unspecified atom stereocenters. The average Bonchev–Trinajstić information content (AvgIpc) is 2.36. The molecule has 90 valence electrons. The van der Waals surface area contributed by atoms with Crippen molar-refractivity contribution in [2.75, 3.05) is 26.2 Å². The van der Waals surface area contributed by atoms with Gasteiger partial charge in [0.2, 0.25) is 0 Å². The van der Waals surface area contributed by atoms with Crippen LogP contribution in [0.1, 0.15) is 0 Å². The highest BCUT2D eigenvalue weighted by Crippen LogP contribution is 2.09. The van der Waals surface area contributed by atoms with Gasteiger partial charge in [-0.15, -0.1) is 13.2 Å². The van der Waals surface area contributed by atoms with Crippen LogP contribution in [0.25, 0.3) is 0 Å². The fraction of sp³-hybridized carbons (Fsp3) is 0.286. The van der Waals surface area contributed by atoms with E-state index in [-0.39, 0.29) is 0 Å². The molecular weight excluding hydrogens is 210 g/mol. The van der Waals surface area contributed by atoms with Gasteiger partial charge in [0.25, 0.3) is 0 Å². The van der Waals surface area contributed by atoms with E-state index in [1.54, 1.807) is 0 Å². The Kier molecular flexibility index (Phi) is 6.60. The first-order valence-corrected chi connectivity index (χ1v) is 5.73. The van der Waals surface area contributed by atoms with Crippen molar-refractivity contribution in [2.24, 2.45) is 10.2 Å². The molecule has 0 aliphatic heterocycles. The lowest BCUT2D eigenvalue weighted by atomic mass is 10.3. The van der Waals surface area contributed by atoms with Gasteiger partial charge in [-0.2, -0.15) is 10.2 Å². The maximum atomic E-state index is 4.16. The van der Waals surface area contributed by atoms with Gasteiger partial charge in [-0.05, 0) is 12.1 Å². The molecule has 0 aromatic heterocycles. The molecule has 0 N–H and O–H groups in total. The lowest BCUT2D eigenvalue weighted by Crippen LogP contribution is -2.26. The third kappa shape index (κ3) is 5.78. The van der Waals surface area contributed by atoms with Gasteiger partial charge < -0.3 is 0 Å². The molecule has 0 spiro atoms. The van der Waals surface area contributed by atoms with E-state index in [1.807, 2.05) is 42.5 Å². The summed E-state index contributed by atoms with van der Waals surface area (Å²) in [6.45, 7) is 10.7. The summed E-state index contributed by atoms with van der Waals surface area (Å²) in [6.07, 6.45) is 3.77. The summed E-state index contributed by atoms with van der Waals surface area (Å²) in [5.74, 6) is 0. The zero-order valence-corrected chi connectivity index (χ0v) is 10.1. The molecule has 0 fully saturated rings. The molecule has 0 saturated carbocycles. The highest BCUT2D eigenvalue weighted by Gasteiger charge is 1.98. The number of nitrogens with zero attached hydrogens (tertiary/aromatic N) is 3. The Morgan fingerprint density at radius 3 is 2.29 bits per heavy atom. The monoisotopic (exact) mass is 229 g/mol. The van der Waals surface area contributed by atoms with Crippen LogP contribution in [0.3, 0.4) is 0 Å². The molecule has 3 heteroatoms. The molecule has 0 aliphatic rings. The van der Waals surface area contributed by atoms with Crippen LogP contribution in [-0.2, 0) is 0 Å². The van der Waals surface area contributed by atoms with E-state index in [0.29, 0.717) is 6.54 Å². The van der Waals surface area contributed by atoms with Crippen molar-refractivity contribution in [2.45, 2.75) is 0 Å². The first-order chi connectivity index (χ1) is 8.36. The number of benzene rings is 1. The van der Waals surface area contributed by atoms with Crippen LogP contribution in [0.4, 0.5) is 5.69 Å². The van der Waals surface area contributed by atoms with Crippen LogP contribution in [0.15, 0.2) is 65.9 Å². The van der Waals surface area contributed by atoms with Crippen molar-refractivity contribution >= 4 is 5.69 Å². The van der Waals surface area contributed by atoms with Crippen molar-refractivity contribution in [1.29, 1.82) is 0 Å². The van der Waals surface area contributed by atoms with E-state index >= 15 is 0 Å². The molecule has 1 rings (SSSR count). The van der Waals surface area contributed by atoms with Crippen LogP contribution < -0.4 is 0 Å². The predicted molar refractivity (Wildman–Crippen MR) is 72.7 cm³/mol. The first-order valence-electron chi connectivity index (χ1n) is 5.73. The molecule has 0 amide bonds. The largest absolute Gasteiger partial charge is 0.294 e. The van der Waals surface area contributed by atoms with Crippen LogP contribution in [0.2, 0.25) is 0 Å². The van der Waals surface area contributed by atoms with E-state index in [4.69, 9.17) is 0 Å². The van der Waals surface area contributed by atoms with Gasteiger partial charge in [0.1, 0.15) is 0 Å². The lowest BCUT2D eigenvalue weighted by molar-refractivity contribution is 0.343. The molecule has 0 aliphatic carbocycles. The van der Waals surface area contributed by atoms with Crippen molar-refractivity contribution in [3.63, 3.8) is 0 Å². The normalized spacial score (nSPS) is 10.9. The molecule has 0 radical (unpaired) electrons. The minimum absolute atomic E-state index is 0.691. The summed E-state index contributed by atoms with van der Waals surface area (Å²) in [6, 6.07) is 9.75. The number of hydrogen-bond donors (Lipinski definition) is 0. The Morgan fingerprint density at radius 1 is 1.06 bits per heavy atom. The van der Waals surface area contributed by atoms with E-state index < -0.39 is 0 Å². The molecule has 1 aromatic rings. The molecule has 0 saturated heterocycles. The van der Waals surface area contributed by atoms with Gasteiger partial charge >= 0.3 is 0 Å². The third-order valence-corrected chi connectivity index (χ3v) is 2.23. The van der Waals surface area contributed by atoms with Gasteiger partial charge in [0.05, 0.1) is 12.2 Å². The molecule has 0 heterocycles. The summed E-state index contributed by atoms with van der Waals surface area (Å²) in [7, 11) is 0. The topological polar surface area (TPSA) is 28.0 Å². The van der Waals surface area contributed by atoms with Gasteiger partial charge in [-0.1, -0.05) is 30.4 Å². The lowest BCUT2D eigenvalue weighted by Gasteiger charge is -2.16. The fourth-order valence-corrected chi connectivity index (χ4v) is 1.43. The van der Waals surface area contributed by atoms with E-state index in [9.17, 15) is 0 Å². The van der Waals surface area contributed by atoms with Crippen molar-refractivity contribution in [1.82, 2.24) is 4.90 Å². The van der Waals surface area contributed by atoms with E-state index in [2.05, 4.69) is 28.3 Å². The third-order valence-electron chi connectivity index (χ3n) is 2.23. The average molecular weight is 229 g/mol. The van der Waals surface area contributed by atoms with Crippen LogP contribution in [-0.4, -0.2) is 31.1 Å². The van der Waals surface area contributed by atoms with Crippen molar-refractivity contribution in [3.8, 4) is 0 Å². The fourth-order valence-electron chi connectivity index (χ4n) is 1.43. The van der Waals surface area contributed by atoms with Gasteiger partial charge in [0, 0.05) is 19.6 Å². The van der Waals surface area contributed by atoms with E-state index in [1.165, 1.54) is 0 Å². The second-order valence-corrected chi connectivity index (χ2v) is 3.64. The number of rotatable bonds is 8. The van der Waals surface area contributed by atoms with Crippen LogP contribution >= 0.6 is 0 Å². The zero-order chi connectivity index (χ0) is 12.3. The predicted octanol–water partition coefficient (Wildman–Crippen LogP) is 3.44. The maximum Gasteiger partial charge on any atom is 0.0852 e. The molecule has 17 heavy (non-hydrogen) atoms. The minimum Gasteiger partial charge on any atom is -0.294 e. The highest BCUT2D eigenvalue weighted by atomic mass is 15.2. The summed E-state index contributed by atoms with van der Waals surface area (Å²) in [5, 5.41) is 8.31. The molecule has 1 aromatic carbocycles. The standard InChI is InChI=1S/C14H19N3/c1-3-11-17(12-4-2)13-10-15-16-14-8-6-5-7-9-14/h3-9H,1-2,10-13H2. The van der Waals surface area contributed by atoms with Gasteiger partial charge in [-0.25, -0.2) is 0 Å². The summed E-state index contributed by atoms with van der Waals surface area (Å²) >= 11 is 0. The second kappa shape index (κ2) is 8.42. The molecule has 0 atom stereocenters. The summed E-state index contributed by atoms with van der Waals surface area (Å²) in [4.78, 5) is 2.21. The smallest absolute Gasteiger partial charge is 0.0852 e. The van der Waals surface area contributed by atoms with Gasteiger partial charge in [0.15, 0.2) is 0 Å². The Labute approximate surface area is 103 Å². The maximum absolute atomic E-state index is 4.16. The molecular formula is C14H19N3. The van der Waals surface area contributed by atoms with Crippen molar-refractivity contribution in [3.05, 3.63) is 55.6 Å². The Morgan fingerprint density at radius 2 is 1.71 bits per heavy atom. The van der Waals surface area contributed by atoms with Crippen LogP contribution in [0, 0.1) is 0 Å². The summed E-state index contributed by atoms with van der Waals surface area (Å²) in [5.41, 5.74) is 0.895. The van der Waals surface area contributed by atoms with Crippen molar-refractivity contribution < 1.29 is 0 Å². The van der Waals surface area contributed by atoms with Crippen LogP contribution in [0.5, 0.6) is 0 Å². The Hall–Kier alpha value is -1.74. The number of hydrogen-bond acceptors (Lipinski definition) is 3. The quantitative estimate of drug-likeness (QED) is 0.495. The Bertz CT molecular complexity index is 347. The van der Waals surface area contributed by atoms with E-state index in [0.717, 1.165) is 25.3 Å². The summed E-state index contributed by atoms with van der Waals surface area (Å²) < 4.78 is 0. The SMILES string of the molecule is C=CCN(CC=C)CCN=Nc1ccccc1. The Balaban J connectivity index is 2.32. The second-order valence-electron chi connectivity index (χ2n) is 3.64. The van der Waals surface area contributed by atoms with Gasteiger partial charge in [-0.3, -0.25) is 4.90 Å². The molecule has 3 nitrogen and oxygen atoms in total. The first kappa shape index (κ1) is 13.3. The zero-order valence-electron chi connectivity index (χ0n) is 10.1. The highest BCUT2D eigenvalue weighted by molar-refractivity contribution is 5.34.